The summed E-state index contributed by atoms with van der Waals surface area (Å²) in [7, 11) is 3.14. The molecule has 1 aliphatic rings. The van der Waals surface area contributed by atoms with Crippen LogP contribution in [0, 0.1) is 6.92 Å². The topological polar surface area (TPSA) is 67.8 Å². The van der Waals surface area contributed by atoms with Crippen molar-refractivity contribution in [3.8, 4) is 11.5 Å². The number of aryl methyl sites for hydroxylation is 1. The van der Waals surface area contributed by atoms with Gasteiger partial charge in [-0.05, 0) is 37.3 Å². The van der Waals surface area contributed by atoms with Crippen molar-refractivity contribution in [1.82, 2.24) is 15.1 Å². The number of carbonyl (C=O) groups excluding carboxylic acids is 1. The van der Waals surface area contributed by atoms with Crippen LogP contribution < -0.4 is 14.4 Å². The Bertz CT molecular complexity index is 740. The van der Waals surface area contributed by atoms with Gasteiger partial charge in [0.1, 0.15) is 0 Å². The van der Waals surface area contributed by atoms with E-state index < -0.39 is 0 Å². The largest absolute Gasteiger partial charge is 0.493 e. The average molecular weight is 342 g/mol. The molecule has 0 aliphatic carbocycles. The van der Waals surface area contributed by atoms with Crippen molar-refractivity contribution < 1.29 is 14.3 Å². The molecule has 0 atom stereocenters. The SMILES string of the molecule is COc1ccc(C(=O)N2CCN(c3ccc(C)nn3)CC2)cc1OC. The summed E-state index contributed by atoms with van der Waals surface area (Å²) in [4.78, 5) is 16.7. The van der Waals surface area contributed by atoms with Gasteiger partial charge < -0.3 is 19.3 Å². The lowest BCUT2D eigenvalue weighted by Gasteiger charge is -2.35. The van der Waals surface area contributed by atoms with Crippen LogP contribution in [-0.2, 0) is 0 Å². The van der Waals surface area contributed by atoms with E-state index in [1.54, 1.807) is 32.4 Å². The predicted octanol–water partition coefficient (Wildman–Crippen LogP) is 1.76. The Morgan fingerprint density at radius 3 is 2.28 bits per heavy atom. The molecule has 1 aromatic carbocycles. The maximum atomic E-state index is 12.7. The van der Waals surface area contributed by atoms with Crippen LogP contribution in [0.15, 0.2) is 30.3 Å². The van der Waals surface area contributed by atoms with E-state index in [-0.39, 0.29) is 5.91 Å². The molecule has 0 spiro atoms. The zero-order valence-electron chi connectivity index (χ0n) is 14.7. The molecule has 0 radical (unpaired) electrons. The number of rotatable bonds is 4. The molecule has 1 saturated heterocycles. The molecule has 1 aliphatic heterocycles. The van der Waals surface area contributed by atoms with Crippen molar-refractivity contribution in [3.63, 3.8) is 0 Å². The minimum absolute atomic E-state index is 0.00408. The van der Waals surface area contributed by atoms with Crippen LogP contribution in [0.5, 0.6) is 11.5 Å². The summed E-state index contributed by atoms with van der Waals surface area (Å²) >= 11 is 0. The highest BCUT2D eigenvalue weighted by Gasteiger charge is 2.23. The molecule has 7 nitrogen and oxygen atoms in total. The first-order valence-corrected chi connectivity index (χ1v) is 8.19. The lowest BCUT2D eigenvalue weighted by atomic mass is 10.1. The van der Waals surface area contributed by atoms with E-state index in [9.17, 15) is 4.79 Å². The third kappa shape index (κ3) is 3.65. The van der Waals surface area contributed by atoms with Crippen LogP contribution in [0.3, 0.4) is 0 Å². The van der Waals surface area contributed by atoms with Gasteiger partial charge in [-0.2, -0.15) is 5.10 Å². The predicted molar refractivity (Wildman–Crippen MR) is 94.4 cm³/mol. The maximum absolute atomic E-state index is 12.7. The molecule has 0 bridgehead atoms. The standard InChI is InChI=1S/C18H22N4O3/c1-13-4-7-17(20-19-13)21-8-10-22(11-9-21)18(23)14-5-6-15(24-2)16(12-14)25-3/h4-7,12H,8-11H2,1-3H3. The summed E-state index contributed by atoms with van der Waals surface area (Å²) in [6.45, 7) is 4.66. The molecule has 132 valence electrons. The summed E-state index contributed by atoms with van der Waals surface area (Å²) in [5.41, 5.74) is 1.49. The average Bonchev–Trinajstić information content (AvgIpc) is 2.67. The third-order valence-corrected chi connectivity index (χ3v) is 4.31. The lowest BCUT2D eigenvalue weighted by molar-refractivity contribution is 0.0746. The molecule has 0 saturated carbocycles. The Kier molecular flexibility index (Phi) is 5.02. The molecule has 2 heterocycles. The summed E-state index contributed by atoms with van der Waals surface area (Å²) in [5, 5.41) is 8.31. The molecule has 2 aromatic rings. The second-order valence-electron chi connectivity index (χ2n) is 5.88. The number of hydrogen-bond donors (Lipinski definition) is 0. The van der Waals surface area contributed by atoms with Crippen molar-refractivity contribution in [2.75, 3.05) is 45.3 Å². The minimum Gasteiger partial charge on any atom is -0.493 e. The van der Waals surface area contributed by atoms with Gasteiger partial charge in [0.15, 0.2) is 17.3 Å². The van der Waals surface area contributed by atoms with Gasteiger partial charge in [0.2, 0.25) is 0 Å². The van der Waals surface area contributed by atoms with Crippen molar-refractivity contribution in [3.05, 3.63) is 41.6 Å². The molecule has 1 amide bonds. The highest BCUT2D eigenvalue weighted by molar-refractivity contribution is 5.95. The number of benzene rings is 1. The molecule has 0 unspecified atom stereocenters. The first-order chi connectivity index (χ1) is 12.1. The second kappa shape index (κ2) is 7.38. The van der Waals surface area contributed by atoms with Gasteiger partial charge in [0.25, 0.3) is 5.91 Å². The minimum atomic E-state index is -0.00408. The van der Waals surface area contributed by atoms with Crippen LogP contribution in [-0.4, -0.2) is 61.4 Å². The van der Waals surface area contributed by atoms with Gasteiger partial charge in [-0.3, -0.25) is 4.79 Å². The van der Waals surface area contributed by atoms with E-state index in [0.29, 0.717) is 30.2 Å². The van der Waals surface area contributed by atoms with Crippen LogP contribution in [0.4, 0.5) is 5.82 Å². The number of aromatic nitrogens is 2. The van der Waals surface area contributed by atoms with E-state index in [2.05, 4.69) is 15.1 Å². The summed E-state index contributed by atoms with van der Waals surface area (Å²) in [6.07, 6.45) is 0. The smallest absolute Gasteiger partial charge is 0.254 e. The Balaban J connectivity index is 1.66. The fourth-order valence-corrected chi connectivity index (χ4v) is 2.85. The first-order valence-electron chi connectivity index (χ1n) is 8.19. The van der Waals surface area contributed by atoms with Crippen molar-refractivity contribution in [2.45, 2.75) is 6.92 Å². The molecule has 0 N–H and O–H groups in total. The third-order valence-electron chi connectivity index (χ3n) is 4.31. The zero-order valence-corrected chi connectivity index (χ0v) is 14.7. The van der Waals surface area contributed by atoms with Crippen molar-refractivity contribution in [2.24, 2.45) is 0 Å². The monoisotopic (exact) mass is 342 g/mol. The van der Waals surface area contributed by atoms with Gasteiger partial charge in [-0.25, -0.2) is 0 Å². The number of nitrogens with zero attached hydrogens (tertiary/aromatic N) is 4. The Hall–Kier alpha value is -2.83. The number of carbonyl (C=O) groups is 1. The Morgan fingerprint density at radius 2 is 1.68 bits per heavy atom. The van der Waals surface area contributed by atoms with Crippen LogP contribution in [0.25, 0.3) is 0 Å². The molecular weight excluding hydrogens is 320 g/mol. The number of hydrogen-bond acceptors (Lipinski definition) is 6. The fraction of sp³-hybridized carbons (Fsp3) is 0.389. The number of methoxy groups -OCH3 is 2. The molecule has 25 heavy (non-hydrogen) atoms. The number of piperazine rings is 1. The summed E-state index contributed by atoms with van der Waals surface area (Å²) in [5.74, 6) is 2.02. The first kappa shape index (κ1) is 17.0. The fourth-order valence-electron chi connectivity index (χ4n) is 2.85. The zero-order chi connectivity index (χ0) is 17.8. The van der Waals surface area contributed by atoms with E-state index in [1.165, 1.54) is 0 Å². The van der Waals surface area contributed by atoms with E-state index in [0.717, 1.165) is 24.6 Å². The number of amides is 1. The molecular formula is C18H22N4O3. The van der Waals surface area contributed by atoms with Crippen LogP contribution >= 0.6 is 0 Å². The normalized spacial score (nSPS) is 14.4. The highest BCUT2D eigenvalue weighted by atomic mass is 16.5. The van der Waals surface area contributed by atoms with Gasteiger partial charge >= 0.3 is 0 Å². The molecule has 1 aromatic heterocycles. The second-order valence-corrected chi connectivity index (χ2v) is 5.88. The van der Waals surface area contributed by atoms with Gasteiger partial charge in [0, 0.05) is 31.7 Å². The van der Waals surface area contributed by atoms with E-state index >= 15 is 0 Å². The van der Waals surface area contributed by atoms with Crippen LogP contribution in [0.1, 0.15) is 16.1 Å². The maximum Gasteiger partial charge on any atom is 0.254 e. The lowest BCUT2D eigenvalue weighted by Crippen LogP contribution is -2.49. The molecule has 7 heteroatoms. The highest BCUT2D eigenvalue weighted by Crippen LogP contribution is 2.28. The van der Waals surface area contributed by atoms with Crippen LogP contribution in [0.2, 0.25) is 0 Å². The number of ether oxygens (including phenoxy) is 2. The van der Waals surface area contributed by atoms with E-state index in [1.807, 2.05) is 24.0 Å². The number of anilines is 1. The quantitative estimate of drug-likeness (QED) is 0.843. The summed E-state index contributed by atoms with van der Waals surface area (Å²) < 4.78 is 10.5. The Morgan fingerprint density at radius 1 is 0.960 bits per heavy atom. The van der Waals surface area contributed by atoms with Gasteiger partial charge in [-0.15, -0.1) is 5.10 Å². The molecule has 1 fully saturated rings. The summed E-state index contributed by atoms with van der Waals surface area (Å²) in [6, 6.07) is 9.16. The van der Waals surface area contributed by atoms with Crippen molar-refractivity contribution >= 4 is 11.7 Å². The molecule has 3 rings (SSSR count). The van der Waals surface area contributed by atoms with Gasteiger partial charge in [-0.1, -0.05) is 0 Å². The van der Waals surface area contributed by atoms with Gasteiger partial charge in [0.05, 0.1) is 19.9 Å². The van der Waals surface area contributed by atoms with Crippen molar-refractivity contribution in [1.29, 1.82) is 0 Å². The Labute approximate surface area is 147 Å². The van der Waals surface area contributed by atoms with E-state index in [4.69, 9.17) is 9.47 Å².